The third kappa shape index (κ3) is 4.00. The third-order valence-electron chi connectivity index (χ3n) is 2.93. The zero-order valence-corrected chi connectivity index (χ0v) is 10.6. The Kier molecular flexibility index (Phi) is 4.52. The molecule has 0 atom stereocenters. The first-order valence-corrected chi connectivity index (χ1v) is 6.25. The number of rotatable bonds is 7. The van der Waals surface area contributed by atoms with Crippen molar-refractivity contribution in [3.05, 3.63) is 23.9 Å². The molecule has 0 saturated heterocycles. The summed E-state index contributed by atoms with van der Waals surface area (Å²) in [5, 5.41) is 6.00. The number of nitrogens with one attached hydrogen (secondary N) is 2. The molecular weight excluding hydrogens is 230 g/mol. The maximum absolute atomic E-state index is 11.6. The topological polar surface area (TPSA) is 63.2 Å². The van der Waals surface area contributed by atoms with Gasteiger partial charge in [-0.1, -0.05) is 6.07 Å². The van der Waals surface area contributed by atoms with Crippen molar-refractivity contribution >= 4 is 5.91 Å². The van der Waals surface area contributed by atoms with Crippen LogP contribution in [0.3, 0.4) is 0 Å². The second-order valence-corrected chi connectivity index (χ2v) is 4.52. The van der Waals surface area contributed by atoms with Gasteiger partial charge in [-0.05, 0) is 31.4 Å². The summed E-state index contributed by atoms with van der Waals surface area (Å²) in [6.07, 6.45) is 4.25. The predicted molar refractivity (Wildman–Crippen MR) is 68.2 cm³/mol. The molecule has 1 fully saturated rings. The fraction of sp³-hybridized carbons (Fsp3) is 0.538. The standard InChI is InChI=1S/C13H19N3O2/c1-18-13-11(3-2-6-15-13)8-16-12(17)9-14-7-10-4-5-10/h2-3,6,10,14H,4-5,7-9H2,1H3,(H,16,17). The van der Waals surface area contributed by atoms with Crippen LogP contribution in [0.5, 0.6) is 5.88 Å². The summed E-state index contributed by atoms with van der Waals surface area (Å²) in [4.78, 5) is 15.7. The molecular formula is C13H19N3O2. The molecule has 1 aliphatic carbocycles. The van der Waals surface area contributed by atoms with Crippen molar-refractivity contribution in [1.82, 2.24) is 15.6 Å². The van der Waals surface area contributed by atoms with E-state index in [2.05, 4.69) is 15.6 Å². The highest BCUT2D eigenvalue weighted by Gasteiger charge is 2.20. The number of pyridine rings is 1. The molecule has 18 heavy (non-hydrogen) atoms. The Morgan fingerprint density at radius 2 is 2.39 bits per heavy atom. The summed E-state index contributed by atoms with van der Waals surface area (Å²) < 4.78 is 5.12. The zero-order valence-electron chi connectivity index (χ0n) is 10.6. The van der Waals surface area contributed by atoms with E-state index in [0.29, 0.717) is 19.0 Å². The van der Waals surface area contributed by atoms with Gasteiger partial charge in [0.2, 0.25) is 11.8 Å². The number of ether oxygens (including phenoxy) is 1. The van der Waals surface area contributed by atoms with E-state index in [-0.39, 0.29) is 5.91 Å². The van der Waals surface area contributed by atoms with Crippen LogP contribution in [0.1, 0.15) is 18.4 Å². The Morgan fingerprint density at radius 1 is 1.56 bits per heavy atom. The molecule has 0 aromatic carbocycles. The number of hydrogen-bond acceptors (Lipinski definition) is 4. The van der Waals surface area contributed by atoms with Crippen LogP contribution < -0.4 is 15.4 Å². The van der Waals surface area contributed by atoms with Crippen LogP contribution in [-0.4, -0.2) is 31.1 Å². The van der Waals surface area contributed by atoms with Crippen molar-refractivity contribution in [1.29, 1.82) is 0 Å². The minimum atomic E-state index is 0.00144. The number of aromatic nitrogens is 1. The average molecular weight is 249 g/mol. The van der Waals surface area contributed by atoms with Crippen LogP contribution in [0.25, 0.3) is 0 Å². The van der Waals surface area contributed by atoms with Crippen molar-refractivity contribution in [2.24, 2.45) is 5.92 Å². The van der Waals surface area contributed by atoms with Gasteiger partial charge in [0, 0.05) is 18.3 Å². The maximum Gasteiger partial charge on any atom is 0.234 e. The number of carbonyl (C=O) groups is 1. The summed E-state index contributed by atoms with van der Waals surface area (Å²) >= 11 is 0. The van der Waals surface area contributed by atoms with Gasteiger partial charge >= 0.3 is 0 Å². The molecule has 0 radical (unpaired) electrons. The van der Waals surface area contributed by atoms with Crippen LogP contribution in [0.2, 0.25) is 0 Å². The molecule has 1 amide bonds. The van der Waals surface area contributed by atoms with Crippen molar-refractivity contribution < 1.29 is 9.53 Å². The summed E-state index contributed by atoms with van der Waals surface area (Å²) in [6.45, 7) is 1.77. The van der Waals surface area contributed by atoms with Crippen LogP contribution in [-0.2, 0) is 11.3 Å². The molecule has 1 heterocycles. The van der Waals surface area contributed by atoms with Crippen LogP contribution in [0, 0.1) is 5.92 Å². The van der Waals surface area contributed by atoms with Gasteiger partial charge in [-0.3, -0.25) is 4.79 Å². The molecule has 2 N–H and O–H groups in total. The monoisotopic (exact) mass is 249 g/mol. The van der Waals surface area contributed by atoms with Gasteiger partial charge in [-0.2, -0.15) is 0 Å². The largest absolute Gasteiger partial charge is 0.481 e. The smallest absolute Gasteiger partial charge is 0.234 e. The summed E-state index contributed by atoms with van der Waals surface area (Å²) in [7, 11) is 1.57. The summed E-state index contributed by atoms with van der Waals surface area (Å²) in [5.74, 6) is 1.35. The van der Waals surface area contributed by atoms with Gasteiger partial charge < -0.3 is 15.4 Å². The number of hydrogen-bond donors (Lipinski definition) is 2. The predicted octanol–water partition coefficient (Wildman–Crippen LogP) is 0.706. The number of amides is 1. The quantitative estimate of drug-likeness (QED) is 0.747. The molecule has 98 valence electrons. The van der Waals surface area contributed by atoms with Crippen molar-refractivity contribution in [3.63, 3.8) is 0 Å². The van der Waals surface area contributed by atoms with Gasteiger partial charge in [0.25, 0.3) is 0 Å². The first-order chi connectivity index (χ1) is 8.79. The molecule has 0 unspecified atom stereocenters. The highest BCUT2D eigenvalue weighted by atomic mass is 16.5. The number of nitrogens with zero attached hydrogens (tertiary/aromatic N) is 1. The van der Waals surface area contributed by atoms with E-state index in [1.54, 1.807) is 13.3 Å². The minimum Gasteiger partial charge on any atom is -0.481 e. The second-order valence-electron chi connectivity index (χ2n) is 4.52. The third-order valence-corrected chi connectivity index (χ3v) is 2.93. The number of methoxy groups -OCH3 is 1. The molecule has 0 spiro atoms. The molecule has 1 saturated carbocycles. The molecule has 0 bridgehead atoms. The van der Waals surface area contributed by atoms with E-state index in [1.807, 2.05) is 12.1 Å². The molecule has 5 heteroatoms. The SMILES string of the molecule is COc1ncccc1CNC(=O)CNCC1CC1. The average Bonchev–Trinajstić information content (AvgIpc) is 3.21. The van der Waals surface area contributed by atoms with E-state index in [0.717, 1.165) is 18.0 Å². The van der Waals surface area contributed by atoms with E-state index in [9.17, 15) is 4.79 Å². The molecule has 1 aromatic heterocycles. The zero-order chi connectivity index (χ0) is 12.8. The van der Waals surface area contributed by atoms with Gasteiger partial charge in [-0.25, -0.2) is 4.98 Å². The lowest BCUT2D eigenvalue weighted by atomic mass is 10.2. The van der Waals surface area contributed by atoms with Gasteiger partial charge in [0.05, 0.1) is 13.7 Å². The molecule has 2 rings (SSSR count). The fourth-order valence-electron chi connectivity index (χ4n) is 1.71. The summed E-state index contributed by atoms with van der Waals surface area (Å²) in [6, 6.07) is 3.72. The first-order valence-electron chi connectivity index (χ1n) is 6.25. The van der Waals surface area contributed by atoms with Gasteiger partial charge in [-0.15, -0.1) is 0 Å². The molecule has 0 aliphatic heterocycles. The highest BCUT2D eigenvalue weighted by Crippen LogP contribution is 2.27. The molecule has 1 aliphatic rings. The molecule has 1 aromatic rings. The fourth-order valence-corrected chi connectivity index (χ4v) is 1.71. The summed E-state index contributed by atoms with van der Waals surface area (Å²) in [5.41, 5.74) is 0.885. The highest BCUT2D eigenvalue weighted by molar-refractivity contribution is 5.78. The molecule has 5 nitrogen and oxygen atoms in total. The van der Waals surface area contributed by atoms with Gasteiger partial charge in [0.1, 0.15) is 0 Å². The first kappa shape index (κ1) is 12.8. The van der Waals surface area contributed by atoms with E-state index >= 15 is 0 Å². The minimum absolute atomic E-state index is 0.00144. The Balaban J connectivity index is 1.70. The van der Waals surface area contributed by atoms with Crippen molar-refractivity contribution in [3.8, 4) is 5.88 Å². The normalized spacial score (nSPS) is 14.3. The number of carbonyl (C=O) groups excluding carboxylic acids is 1. The van der Waals surface area contributed by atoms with Crippen molar-refractivity contribution in [2.45, 2.75) is 19.4 Å². The maximum atomic E-state index is 11.6. The Hall–Kier alpha value is -1.62. The lowest BCUT2D eigenvalue weighted by Crippen LogP contribution is -2.34. The van der Waals surface area contributed by atoms with Gasteiger partial charge in [0.15, 0.2) is 0 Å². The van der Waals surface area contributed by atoms with Crippen LogP contribution >= 0.6 is 0 Å². The van der Waals surface area contributed by atoms with Crippen LogP contribution in [0.4, 0.5) is 0 Å². The Morgan fingerprint density at radius 3 is 3.11 bits per heavy atom. The van der Waals surface area contributed by atoms with E-state index in [1.165, 1.54) is 12.8 Å². The van der Waals surface area contributed by atoms with E-state index < -0.39 is 0 Å². The van der Waals surface area contributed by atoms with Crippen molar-refractivity contribution in [2.75, 3.05) is 20.2 Å². The second kappa shape index (κ2) is 6.35. The van der Waals surface area contributed by atoms with E-state index in [4.69, 9.17) is 4.74 Å². The van der Waals surface area contributed by atoms with Crippen LogP contribution in [0.15, 0.2) is 18.3 Å². The Bertz CT molecular complexity index is 405. The Labute approximate surface area is 107 Å². The lowest BCUT2D eigenvalue weighted by molar-refractivity contribution is -0.120. The lowest BCUT2D eigenvalue weighted by Gasteiger charge is -2.09.